The van der Waals surface area contributed by atoms with E-state index in [1.165, 1.54) is 4.31 Å². The maximum atomic E-state index is 13.3. The monoisotopic (exact) mass is 458 g/mol. The Kier molecular flexibility index (Phi) is 6.30. The Morgan fingerprint density at radius 1 is 1.23 bits per heavy atom. The summed E-state index contributed by atoms with van der Waals surface area (Å²) in [5.74, 6) is -0.145. The molecule has 162 valence electrons. The van der Waals surface area contributed by atoms with Gasteiger partial charge in [0.15, 0.2) is 10.7 Å². The molecule has 1 aliphatic heterocycles. The second-order valence-corrected chi connectivity index (χ2v) is 10.1. The van der Waals surface area contributed by atoms with Crippen LogP contribution in [-0.4, -0.2) is 41.9 Å². The first-order valence-corrected chi connectivity index (χ1v) is 12.2. The van der Waals surface area contributed by atoms with Gasteiger partial charge in [-0.3, -0.25) is 9.78 Å². The summed E-state index contributed by atoms with van der Waals surface area (Å²) in [6.45, 7) is 2.14. The van der Waals surface area contributed by atoms with Crippen molar-refractivity contribution >= 4 is 45.1 Å². The quantitative estimate of drug-likeness (QED) is 0.604. The normalized spacial score (nSPS) is 16.0. The molecule has 31 heavy (non-hydrogen) atoms. The summed E-state index contributed by atoms with van der Waals surface area (Å²) in [5, 5.41) is 8.67. The molecule has 0 aromatic carbocycles. The average molecular weight is 459 g/mol. The van der Waals surface area contributed by atoms with Gasteiger partial charge in [-0.05, 0) is 55.5 Å². The van der Waals surface area contributed by atoms with Crippen LogP contribution in [0.15, 0.2) is 51.5 Å². The van der Waals surface area contributed by atoms with E-state index in [4.69, 9.17) is 4.52 Å². The third kappa shape index (κ3) is 4.76. The van der Waals surface area contributed by atoms with Crippen LogP contribution < -0.4 is 5.32 Å². The van der Waals surface area contributed by atoms with Crippen LogP contribution in [0, 0.1) is 12.8 Å². The molecule has 0 saturated carbocycles. The predicted octanol–water partition coefficient (Wildman–Crippen LogP) is 3.65. The second kappa shape index (κ2) is 9.13. The average Bonchev–Trinajstić information content (AvgIpc) is 3.42. The molecule has 0 spiro atoms. The third-order valence-electron chi connectivity index (χ3n) is 5.15. The van der Waals surface area contributed by atoms with Gasteiger partial charge in [0.2, 0.25) is 15.9 Å². The minimum Gasteiger partial charge on any atom is -0.355 e. The van der Waals surface area contributed by atoms with Gasteiger partial charge < -0.3 is 9.84 Å². The van der Waals surface area contributed by atoms with Gasteiger partial charge >= 0.3 is 0 Å². The molecule has 0 radical (unpaired) electrons. The fourth-order valence-corrected chi connectivity index (χ4v) is 5.85. The van der Waals surface area contributed by atoms with Gasteiger partial charge in [0, 0.05) is 42.0 Å². The summed E-state index contributed by atoms with van der Waals surface area (Å²) in [6, 6.07) is 7.29. The van der Waals surface area contributed by atoms with Crippen molar-refractivity contribution in [2.45, 2.75) is 24.7 Å². The number of sulfonamides is 1. The molecule has 1 aliphatic rings. The molecule has 0 bridgehead atoms. The zero-order chi connectivity index (χ0) is 21.8. The number of aromatic nitrogens is 2. The summed E-state index contributed by atoms with van der Waals surface area (Å²) in [6.07, 6.45) is 7.54. The number of hydrogen-bond donors (Lipinski definition) is 1. The van der Waals surface area contributed by atoms with Crippen LogP contribution in [0.3, 0.4) is 0 Å². The van der Waals surface area contributed by atoms with Crippen molar-refractivity contribution in [2.24, 2.45) is 5.92 Å². The Morgan fingerprint density at radius 2 is 1.97 bits per heavy atom. The lowest BCUT2D eigenvalue weighted by molar-refractivity contribution is -0.120. The number of thiophene rings is 1. The van der Waals surface area contributed by atoms with Crippen molar-refractivity contribution < 1.29 is 17.7 Å². The Balaban J connectivity index is 1.45. The van der Waals surface area contributed by atoms with E-state index in [1.807, 2.05) is 17.5 Å². The van der Waals surface area contributed by atoms with E-state index in [0.29, 0.717) is 24.2 Å². The summed E-state index contributed by atoms with van der Waals surface area (Å²) in [7, 11) is -3.79. The van der Waals surface area contributed by atoms with Crippen LogP contribution in [0.4, 0.5) is 5.69 Å². The minimum absolute atomic E-state index is 0.0833. The van der Waals surface area contributed by atoms with Crippen molar-refractivity contribution in [2.75, 3.05) is 18.4 Å². The third-order valence-corrected chi connectivity index (χ3v) is 8.04. The van der Waals surface area contributed by atoms with Crippen molar-refractivity contribution in [1.82, 2.24) is 14.4 Å². The van der Waals surface area contributed by atoms with Crippen molar-refractivity contribution in [3.05, 3.63) is 58.4 Å². The SMILES string of the molecule is Cc1noc(C=Cc2cccs2)c1S(=O)(=O)N1CCC(C(=O)Nc2ccncc2)CC1. The van der Waals surface area contributed by atoms with Gasteiger partial charge in [-0.1, -0.05) is 11.2 Å². The predicted molar refractivity (Wildman–Crippen MR) is 119 cm³/mol. The molecule has 4 rings (SSSR count). The lowest BCUT2D eigenvalue weighted by Gasteiger charge is -2.30. The molecule has 0 atom stereocenters. The number of nitrogens with one attached hydrogen (secondary N) is 1. The molecule has 3 aromatic heterocycles. The van der Waals surface area contributed by atoms with Crippen LogP contribution >= 0.6 is 11.3 Å². The molecule has 3 aromatic rings. The highest BCUT2D eigenvalue weighted by Gasteiger charge is 2.35. The Labute approximate surface area is 184 Å². The van der Waals surface area contributed by atoms with E-state index in [-0.39, 0.29) is 35.6 Å². The Bertz CT molecular complexity index is 1160. The fraction of sp³-hybridized carbons (Fsp3) is 0.286. The molecule has 10 heteroatoms. The standard InChI is InChI=1S/C21H22N4O4S2/c1-15-20(19(29-24-15)5-4-18-3-2-14-30-18)31(27,28)25-12-8-16(9-13-25)21(26)23-17-6-10-22-11-7-17/h2-7,10-11,14,16H,8-9,12-13H2,1H3,(H,22,23,26). The molecule has 1 saturated heterocycles. The molecule has 4 heterocycles. The van der Waals surface area contributed by atoms with E-state index >= 15 is 0 Å². The molecule has 1 N–H and O–H groups in total. The first kappa shape index (κ1) is 21.4. The molecular weight excluding hydrogens is 436 g/mol. The van der Waals surface area contributed by atoms with Gasteiger partial charge in [-0.2, -0.15) is 4.31 Å². The second-order valence-electron chi connectivity index (χ2n) is 7.21. The first-order valence-electron chi connectivity index (χ1n) is 9.84. The van der Waals surface area contributed by atoms with Crippen LogP contribution in [-0.2, 0) is 14.8 Å². The number of anilines is 1. The molecule has 1 amide bonds. The molecule has 0 unspecified atom stereocenters. The van der Waals surface area contributed by atoms with Crippen LogP contribution in [0.25, 0.3) is 12.2 Å². The van der Waals surface area contributed by atoms with Gasteiger partial charge in [0.1, 0.15) is 5.69 Å². The number of nitrogens with zero attached hydrogens (tertiary/aromatic N) is 3. The molecule has 0 aliphatic carbocycles. The zero-order valence-corrected chi connectivity index (χ0v) is 18.5. The number of pyridine rings is 1. The lowest BCUT2D eigenvalue weighted by atomic mass is 9.97. The van der Waals surface area contributed by atoms with Crippen molar-refractivity contribution in [3.8, 4) is 0 Å². The minimum atomic E-state index is -3.79. The van der Waals surface area contributed by atoms with E-state index in [1.54, 1.807) is 54.9 Å². The Morgan fingerprint density at radius 3 is 2.65 bits per heavy atom. The smallest absolute Gasteiger partial charge is 0.248 e. The summed E-state index contributed by atoms with van der Waals surface area (Å²) >= 11 is 1.54. The number of amides is 1. The summed E-state index contributed by atoms with van der Waals surface area (Å²) in [4.78, 5) is 17.5. The zero-order valence-electron chi connectivity index (χ0n) is 16.9. The van der Waals surface area contributed by atoms with Crippen molar-refractivity contribution in [3.63, 3.8) is 0 Å². The van der Waals surface area contributed by atoms with E-state index in [2.05, 4.69) is 15.5 Å². The number of piperidine rings is 1. The van der Waals surface area contributed by atoms with Crippen molar-refractivity contribution in [1.29, 1.82) is 0 Å². The summed E-state index contributed by atoms with van der Waals surface area (Å²) < 4.78 is 33.3. The largest absolute Gasteiger partial charge is 0.355 e. The van der Waals surface area contributed by atoms with E-state index < -0.39 is 10.0 Å². The molecule has 1 fully saturated rings. The fourth-order valence-electron chi connectivity index (χ4n) is 3.51. The van der Waals surface area contributed by atoms with E-state index in [0.717, 1.165) is 4.88 Å². The number of carbonyl (C=O) groups is 1. The topological polar surface area (TPSA) is 105 Å². The lowest BCUT2D eigenvalue weighted by Crippen LogP contribution is -2.41. The van der Waals surface area contributed by atoms with E-state index in [9.17, 15) is 13.2 Å². The Hall–Kier alpha value is -2.82. The molecule has 8 nitrogen and oxygen atoms in total. The van der Waals surface area contributed by atoms with Crippen LogP contribution in [0.2, 0.25) is 0 Å². The maximum absolute atomic E-state index is 13.3. The highest BCUT2D eigenvalue weighted by Crippen LogP contribution is 2.29. The highest BCUT2D eigenvalue weighted by molar-refractivity contribution is 7.89. The summed E-state index contributed by atoms with van der Waals surface area (Å²) in [5.41, 5.74) is 1.00. The van der Waals surface area contributed by atoms with Gasteiger partial charge in [-0.15, -0.1) is 11.3 Å². The molecular formula is C21H22N4O4S2. The van der Waals surface area contributed by atoms with Gasteiger partial charge in [-0.25, -0.2) is 8.42 Å². The number of rotatable bonds is 6. The first-order chi connectivity index (χ1) is 14.9. The maximum Gasteiger partial charge on any atom is 0.248 e. The van der Waals surface area contributed by atoms with Crippen LogP contribution in [0.1, 0.15) is 29.2 Å². The highest BCUT2D eigenvalue weighted by atomic mass is 32.2. The van der Waals surface area contributed by atoms with Gasteiger partial charge in [0.05, 0.1) is 0 Å². The number of hydrogen-bond acceptors (Lipinski definition) is 7. The van der Waals surface area contributed by atoms with Crippen LogP contribution in [0.5, 0.6) is 0 Å². The number of aryl methyl sites for hydroxylation is 1. The number of carbonyl (C=O) groups excluding carboxylic acids is 1. The van der Waals surface area contributed by atoms with Gasteiger partial charge in [0.25, 0.3) is 0 Å².